The van der Waals surface area contributed by atoms with E-state index in [1.165, 1.54) is 0 Å². The van der Waals surface area contributed by atoms with Gasteiger partial charge in [0, 0.05) is 53.8 Å². The molecule has 0 aromatic heterocycles. The maximum absolute atomic E-state index is 13.2. The lowest BCUT2D eigenvalue weighted by molar-refractivity contribution is 0.103. The highest BCUT2D eigenvalue weighted by Crippen LogP contribution is 2.26. The van der Waals surface area contributed by atoms with Crippen LogP contribution in [0.25, 0.3) is 0 Å². The molecule has 4 aromatic rings. The van der Waals surface area contributed by atoms with Crippen molar-refractivity contribution in [3.05, 3.63) is 119 Å². The Morgan fingerprint density at radius 3 is 1.94 bits per heavy atom. The molecule has 5 nitrogen and oxygen atoms in total. The van der Waals surface area contributed by atoms with Crippen molar-refractivity contribution in [3.63, 3.8) is 0 Å². The molecule has 5 heteroatoms. The standard InChI is InChI=1S/C28H26N2O3/c1-30(25-10-6-3-7-11-25)19-23-17-21(13-15-27(23)32)28(33)20-12-14-26(31)22(16-20)18-29-24-8-4-2-5-9-24/h2-17,29,31-32H,18-19H2,1H3. The molecule has 166 valence electrons. The van der Waals surface area contributed by atoms with Crippen molar-refractivity contribution >= 4 is 17.2 Å². The Kier molecular flexibility index (Phi) is 6.60. The third-order valence-corrected chi connectivity index (χ3v) is 5.54. The summed E-state index contributed by atoms with van der Waals surface area (Å²) in [6.07, 6.45) is 0. The second kappa shape index (κ2) is 9.92. The fourth-order valence-electron chi connectivity index (χ4n) is 3.67. The summed E-state index contributed by atoms with van der Waals surface area (Å²) in [6, 6.07) is 29.3. The molecule has 0 aliphatic heterocycles. The van der Waals surface area contributed by atoms with Crippen LogP contribution in [0.15, 0.2) is 97.1 Å². The molecular formula is C28H26N2O3. The highest BCUT2D eigenvalue weighted by Gasteiger charge is 2.15. The molecule has 0 saturated heterocycles. The molecule has 0 bridgehead atoms. The lowest BCUT2D eigenvalue weighted by Gasteiger charge is -2.20. The van der Waals surface area contributed by atoms with Gasteiger partial charge in [-0.15, -0.1) is 0 Å². The number of anilines is 2. The number of nitrogens with zero attached hydrogens (tertiary/aromatic N) is 1. The molecule has 0 radical (unpaired) electrons. The molecule has 33 heavy (non-hydrogen) atoms. The zero-order chi connectivity index (χ0) is 23.2. The van der Waals surface area contributed by atoms with E-state index >= 15 is 0 Å². The molecule has 4 aromatic carbocycles. The summed E-state index contributed by atoms with van der Waals surface area (Å²) < 4.78 is 0. The predicted octanol–water partition coefficient (Wildman–Crippen LogP) is 5.58. The van der Waals surface area contributed by atoms with Crippen LogP contribution in [0.2, 0.25) is 0 Å². The van der Waals surface area contributed by atoms with Crippen molar-refractivity contribution in [2.45, 2.75) is 13.1 Å². The van der Waals surface area contributed by atoms with Crippen LogP contribution in [-0.4, -0.2) is 23.0 Å². The predicted molar refractivity (Wildman–Crippen MR) is 132 cm³/mol. The second-order valence-corrected chi connectivity index (χ2v) is 7.93. The van der Waals surface area contributed by atoms with E-state index in [0.717, 1.165) is 11.4 Å². The first kappa shape index (κ1) is 22.0. The first-order valence-electron chi connectivity index (χ1n) is 10.7. The van der Waals surface area contributed by atoms with Crippen molar-refractivity contribution in [1.29, 1.82) is 0 Å². The molecule has 4 rings (SSSR count). The van der Waals surface area contributed by atoms with Crippen molar-refractivity contribution < 1.29 is 15.0 Å². The second-order valence-electron chi connectivity index (χ2n) is 7.93. The number of phenols is 2. The fraction of sp³-hybridized carbons (Fsp3) is 0.107. The maximum atomic E-state index is 13.2. The van der Waals surface area contributed by atoms with E-state index in [4.69, 9.17) is 0 Å². The molecule has 0 aliphatic carbocycles. The van der Waals surface area contributed by atoms with Crippen LogP contribution < -0.4 is 10.2 Å². The molecule has 3 N–H and O–H groups in total. The zero-order valence-corrected chi connectivity index (χ0v) is 18.4. The molecular weight excluding hydrogens is 412 g/mol. The number of benzene rings is 4. The van der Waals surface area contributed by atoms with E-state index < -0.39 is 0 Å². The number of hydrogen-bond acceptors (Lipinski definition) is 5. The SMILES string of the molecule is CN(Cc1cc(C(=O)c2ccc(O)c(CNc3ccccc3)c2)ccc1O)c1ccccc1. The Hall–Kier alpha value is -4.25. The van der Waals surface area contributed by atoms with Gasteiger partial charge in [-0.3, -0.25) is 4.79 Å². The first-order valence-corrected chi connectivity index (χ1v) is 10.7. The molecule has 0 saturated carbocycles. The number of aromatic hydroxyl groups is 2. The average Bonchev–Trinajstić information content (AvgIpc) is 2.85. The molecule has 0 unspecified atom stereocenters. The summed E-state index contributed by atoms with van der Waals surface area (Å²) in [4.78, 5) is 15.2. The van der Waals surface area contributed by atoms with Gasteiger partial charge in [-0.25, -0.2) is 0 Å². The number of nitrogens with one attached hydrogen (secondary N) is 1. The number of para-hydroxylation sites is 2. The number of ketones is 1. The molecule has 0 aliphatic rings. The lowest BCUT2D eigenvalue weighted by atomic mass is 9.98. The van der Waals surface area contributed by atoms with Crippen LogP contribution in [0.5, 0.6) is 11.5 Å². The van der Waals surface area contributed by atoms with Gasteiger partial charge in [-0.05, 0) is 60.7 Å². The molecule has 0 fully saturated rings. The first-order chi connectivity index (χ1) is 16.0. The van der Waals surface area contributed by atoms with Gasteiger partial charge in [0.2, 0.25) is 0 Å². The zero-order valence-electron chi connectivity index (χ0n) is 18.4. The third-order valence-electron chi connectivity index (χ3n) is 5.54. The molecule has 0 atom stereocenters. The van der Waals surface area contributed by atoms with E-state index in [1.807, 2.05) is 72.6 Å². The number of carbonyl (C=O) groups excluding carboxylic acids is 1. The number of phenolic OH excluding ortho intramolecular Hbond substituents is 2. The van der Waals surface area contributed by atoms with Crippen molar-refractivity contribution in [2.24, 2.45) is 0 Å². The average molecular weight is 439 g/mol. The summed E-state index contributed by atoms with van der Waals surface area (Å²) in [5, 5.41) is 23.9. The topological polar surface area (TPSA) is 72.8 Å². The van der Waals surface area contributed by atoms with Gasteiger partial charge in [-0.1, -0.05) is 36.4 Å². The quantitative estimate of drug-likeness (QED) is 0.313. The minimum absolute atomic E-state index is 0.130. The van der Waals surface area contributed by atoms with E-state index in [9.17, 15) is 15.0 Å². The smallest absolute Gasteiger partial charge is 0.193 e. The fourth-order valence-corrected chi connectivity index (χ4v) is 3.67. The van der Waals surface area contributed by atoms with Crippen LogP contribution in [-0.2, 0) is 13.1 Å². The van der Waals surface area contributed by atoms with E-state index in [0.29, 0.717) is 35.3 Å². The van der Waals surface area contributed by atoms with Crippen LogP contribution in [0, 0.1) is 0 Å². The summed E-state index contributed by atoms with van der Waals surface area (Å²) in [5.41, 5.74) is 4.20. The van der Waals surface area contributed by atoms with Crippen LogP contribution >= 0.6 is 0 Å². The van der Waals surface area contributed by atoms with E-state index in [2.05, 4.69) is 5.32 Å². The minimum atomic E-state index is -0.167. The molecule has 0 spiro atoms. The number of carbonyl (C=O) groups is 1. The van der Waals surface area contributed by atoms with E-state index in [-0.39, 0.29) is 17.3 Å². The van der Waals surface area contributed by atoms with Gasteiger partial charge >= 0.3 is 0 Å². The Morgan fingerprint density at radius 1 is 0.758 bits per heavy atom. The highest BCUT2D eigenvalue weighted by atomic mass is 16.3. The number of rotatable bonds is 8. The molecule has 0 amide bonds. The lowest BCUT2D eigenvalue weighted by Crippen LogP contribution is -2.16. The Morgan fingerprint density at radius 2 is 1.30 bits per heavy atom. The summed E-state index contributed by atoms with van der Waals surface area (Å²) in [7, 11) is 1.94. The van der Waals surface area contributed by atoms with Crippen molar-refractivity contribution in [2.75, 3.05) is 17.3 Å². The van der Waals surface area contributed by atoms with E-state index in [1.54, 1.807) is 36.4 Å². The normalized spacial score (nSPS) is 10.6. The molecule has 0 heterocycles. The summed E-state index contributed by atoms with van der Waals surface area (Å²) >= 11 is 0. The highest BCUT2D eigenvalue weighted by molar-refractivity contribution is 6.09. The maximum Gasteiger partial charge on any atom is 0.193 e. The van der Waals surface area contributed by atoms with Crippen molar-refractivity contribution in [1.82, 2.24) is 0 Å². The summed E-state index contributed by atoms with van der Waals surface area (Å²) in [5.74, 6) is 0.109. The van der Waals surface area contributed by atoms with Gasteiger partial charge in [0.05, 0.1) is 0 Å². The van der Waals surface area contributed by atoms with Gasteiger partial charge in [0.1, 0.15) is 11.5 Å². The Bertz CT molecular complexity index is 1240. The van der Waals surface area contributed by atoms with Crippen LogP contribution in [0.4, 0.5) is 11.4 Å². The van der Waals surface area contributed by atoms with Gasteiger partial charge < -0.3 is 20.4 Å². The van der Waals surface area contributed by atoms with Crippen LogP contribution in [0.1, 0.15) is 27.0 Å². The largest absolute Gasteiger partial charge is 0.508 e. The van der Waals surface area contributed by atoms with Gasteiger partial charge in [0.25, 0.3) is 0 Å². The monoisotopic (exact) mass is 438 g/mol. The summed E-state index contributed by atoms with van der Waals surface area (Å²) in [6.45, 7) is 0.846. The van der Waals surface area contributed by atoms with Gasteiger partial charge in [0.15, 0.2) is 5.78 Å². The third kappa shape index (κ3) is 5.33. The van der Waals surface area contributed by atoms with Crippen LogP contribution in [0.3, 0.4) is 0 Å². The van der Waals surface area contributed by atoms with Crippen molar-refractivity contribution in [3.8, 4) is 11.5 Å². The minimum Gasteiger partial charge on any atom is -0.508 e. The van der Waals surface area contributed by atoms with Gasteiger partial charge in [-0.2, -0.15) is 0 Å². The Balaban J connectivity index is 1.53. The number of hydrogen-bond donors (Lipinski definition) is 3. The Labute approximate surface area is 193 Å².